The zero-order valence-corrected chi connectivity index (χ0v) is 15.0. The van der Waals surface area contributed by atoms with Gasteiger partial charge in [0.15, 0.2) is 0 Å². The number of thioether (sulfide) groups is 1. The van der Waals surface area contributed by atoms with Crippen LogP contribution < -0.4 is 0 Å². The maximum absolute atomic E-state index is 12.3. The minimum atomic E-state index is 0.117. The second-order valence-electron chi connectivity index (χ2n) is 5.94. The van der Waals surface area contributed by atoms with Crippen molar-refractivity contribution in [3.63, 3.8) is 0 Å². The molecule has 0 heterocycles. The summed E-state index contributed by atoms with van der Waals surface area (Å²) in [6.45, 7) is 4.39. The predicted octanol–water partition coefficient (Wildman–Crippen LogP) is 6.30. The van der Waals surface area contributed by atoms with Crippen LogP contribution in [-0.2, 0) is 12.8 Å². The molecular formula is C21H26OS. The predicted molar refractivity (Wildman–Crippen MR) is 100 cm³/mol. The van der Waals surface area contributed by atoms with Gasteiger partial charge in [-0.1, -0.05) is 69.5 Å². The molecule has 2 rings (SSSR count). The van der Waals surface area contributed by atoms with Crippen LogP contribution in [0.25, 0.3) is 0 Å². The van der Waals surface area contributed by atoms with E-state index in [1.165, 1.54) is 42.2 Å². The summed E-state index contributed by atoms with van der Waals surface area (Å²) in [6.07, 6.45) is 7.11. The SMILES string of the molecule is CCCCCc1ccc(SC(=O)c2ccc(CCC)cc2)cc1. The summed E-state index contributed by atoms with van der Waals surface area (Å²) in [7, 11) is 0. The molecule has 0 spiro atoms. The van der Waals surface area contributed by atoms with Crippen molar-refractivity contribution in [1.82, 2.24) is 0 Å². The van der Waals surface area contributed by atoms with Gasteiger partial charge in [-0.15, -0.1) is 0 Å². The quantitative estimate of drug-likeness (QED) is 0.418. The van der Waals surface area contributed by atoms with Gasteiger partial charge in [0.1, 0.15) is 0 Å². The Bertz CT molecular complexity index is 599. The number of carbonyl (C=O) groups is 1. The molecule has 0 radical (unpaired) electrons. The lowest BCUT2D eigenvalue weighted by Gasteiger charge is -2.05. The smallest absolute Gasteiger partial charge is 0.224 e. The summed E-state index contributed by atoms with van der Waals surface area (Å²) < 4.78 is 0. The van der Waals surface area contributed by atoms with E-state index in [4.69, 9.17) is 0 Å². The van der Waals surface area contributed by atoms with Gasteiger partial charge in [-0.2, -0.15) is 0 Å². The molecule has 1 nitrogen and oxygen atoms in total. The molecule has 0 bridgehead atoms. The molecule has 2 heteroatoms. The lowest BCUT2D eigenvalue weighted by Crippen LogP contribution is -1.94. The van der Waals surface area contributed by atoms with E-state index in [0.717, 1.165) is 29.7 Å². The van der Waals surface area contributed by atoms with Crippen LogP contribution in [0, 0.1) is 0 Å². The Balaban J connectivity index is 1.91. The Morgan fingerprint density at radius 1 is 0.783 bits per heavy atom. The van der Waals surface area contributed by atoms with E-state index in [1.54, 1.807) is 0 Å². The third-order valence-electron chi connectivity index (χ3n) is 3.93. The fourth-order valence-corrected chi connectivity index (χ4v) is 3.31. The molecule has 0 saturated carbocycles. The fraction of sp³-hybridized carbons (Fsp3) is 0.381. The van der Waals surface area contributed by atoms with Gasteiger partial charge in [0, 0.05) is 10.5 Å². The van der Waals surface area contributed by atoms with Crippen LogP contribution in [0.3, 0.4) is 0 Å². The molecule has 0 aliphatic carbocycles. The van der Waals surface area contributed by atoms with Crippen molar-refractivity contribution < 1.29 is 4.79 Å². The maximum atomic E-state index is 12.3. The van der Waals surface area contributed by atoms with E-state index in [-0.39, 0.29) is 5.12 Å². The minimum Gasteiger partial charge on any atom is -0.281 e. The van der Waals surface area contributed by atoms with Crippen molar-refractivity contribution >= 4 is 16.9 Å². The van der Waals surface area contributed by atoms with E-state index in [0.29, 0.717) is 0 Å². The molecule has 0 aromatic heterocycles. The first-order valence-electron chi connectivity index (χ1n) is 8.63. The standard InChI is InChI=1S/C21H26OS/c1-3-5-6-8-18-11-15-20(16-12-18)23-21(22)19-13-9-17(7-4-2)10-14-19/h9-16H,3-8H2,1-2H3. The Morgan fingerprint density at radius 2 is 1.39 bits per heavy atom. The average Bonchev–Trinajstić information content (AvgIpc) is 2.57. The fourth-order valence-electron chi connectivity index (χ4n) is 2.57. The van der Waals surface area contributed by atoms with Gasteiger partial charge in [0.2, 0.25) is 5.12 Å². The van der Waals surface area contributed by atoms with E-state index in [9.17, 15) is 4.79 Å². The molecule has 0 unspecified atom stereocenters. The Morgan fingerprint density at radius 3 is 2.00 bits per heavy atom. The largest absolute Gasteiger partial charge is 0.281 e. The highest BCUT2D eigenvalue weighted by atomic mass is 32.2. The first kappa shape index (κ1) is 17.8. The van der Waals surface area contributed by atoms with Crippen LogP contribution in [0.15, 0.2) is 53.4 Å². The summed E-state index contributed by atoms with van der Waals surface area (Å²) in [5.74, 6) is 0. The normalized spacial score (nSPS) is 10.7. The van der Waals surface area contributed by atoms with Crippen molar-refractivity contribution in [2.45, 2.75) is 57.3 Å². The second kappa shape index (κ2) is 9.57. The summed E-state index contributed by atoms with van der Waals surface area (Å²) in [6, 6.07) is 16.4. The Labute approximate surface area is 144 Å². The molecule has 0 fully saturated rings. The van der Waals surface area contributed by atoms with Gasteiger partial charge in [0.25, 0.3) is 0 Å². The van der Waals surface area contributed by atoms with E-state index >= 15 is 0 Å². The molecule has 2 aromatic carbocycles. The number of aryl methyl sites for hydroxylation is 2. The highest BCUT2D eigenvalue weighted by molar-refractivity contribution is 8.14. The minimum absolute atomic E-state index is 0.117. The molecule has 122 valence electrons. The maximum Gasteiger partial charge on any atom is 0.224 e. The second-order valence-corrected chi connectivity index (χ2v) is 6.98. The van der Waals surface area contributed by atoms with E-state index < -0.39 is 0 Å². The van der Waals surface area contributed by atoms with Gasteiger partial charge in [0.05, 0.1) is 0 Å². The van der Waals surface area contributed by atoms with E-state index in [2.05, 4.69) is 50.2 Å². The topological polar surface area (TPSA) is 17.1 Å². The van der Waals surface area contributed by atoms with Crippen LogP contribution in [0.2, 0.25) is 0 Å². The molecule has 0 aliphatic rings. The third kappa shape index (κ3) is 5.87. The van der Waals surface area contributed by atoms with Crippen LogP contribution in [0.4, 0.5) is 0 Å². The zero-order chi connectivity index (χ0) is 16.5. The first-order valence-corrected chi connectivity index (χ1v) is 9.44. The number of hydrogen-bond donors (Lipinski definition) is 0. The van der Waals surface area contributed by atoms with Gasteiger partial charge < -0.3 is 0 Å². The van der Waals surface area contributed by atoms with Crippen molar-refractivity contribution in [3.8, 4) is 0 Å². The lowest BCUT2D eigenvalue weighted by molar-refractivity contribution is 0.108. The molecule has 0 amide bonds. The van der Waals surface area contributed by atoms with Crippen molar-refractivity contribution in [2.75, 3.05) is 0 Å². The number of rotatable bonds is 8. The van der Waals surface area contributed by atoms with Gasteiger partial charge >= 0.3 is 0 Å². The number of unbranched alkanes of at least 4 members (excludes halogenated alkanes) is 2. The number of benzene rings is 2. The van der Waals surface area contributed by atoms with E-state index in [1.807, 2.05) is 12.1 Å². The molecule has 0 aliphatic heterocycles. The number of carbonyl (C=O) groups excluding carboxylic acids is 1. The molecule has 0 atom stereocenters. The highest BCUT2D eigenvalue weighted by Crippen LogP contribution is 2.24. The summed E-state index contributed by atoms with van der Waals surface area (Å²) in [5.41, 5.74) is 3.44. The monoisotopic (exact) mass is 326 g/mol. The van der Waals surface area contributed by atoms with Gasteiger partial charge in [-0.3, -0.25) is 4.79 Å². The lowest BCUT2D eigenvalue weighted by atomic mass is 10.1. The Kier molecular flexibility index (Phi) is 7.41. The zero-order valence-electron chi connectivity index (χ0n) is 14.2. The average molecular weight is 327 g/mol. The van der Waals surface area contributed by atoms with Crippen molar-refractivity contribution in [3.05, 3.63) is 65.2 Å². The van der Waals surface area contributed by atoms with Crippen LogP contribution in [0.1, 0.15) is 61.0 Å². The van der Waals surface area contributed by atoms with Crippen LogP contribution in [-0.4, -0.2) is 5.12 Å². The summed E-state index contributed by atoms with van der Waals surface area (Å²) in [5, 5.41) is 0.117. The molecule has 23 heavy (non-hydrogen) atoms. The summed E-state index contributed by atoms with van der Waals surface area (Å²) in [4.78, 5) is 13.4. The van der Waals surface area contributed by atoms with Gasteiger partial charge in [-0.05, 0) is 54.3 Å². The first-order chi connectivity index (χ1) is 11.2. The molecule has 2 aromatic rings. The summed E-state index contributed by atoms with van der Waals surface area (Å²) >= 11 is 1.31. The molecule has 0 N–H and O–H groups in total. The van der Waals surface area contributed by atoms with Crippen LogP contribution >= 0.6 is 11.8 Å². The highest BCUT2D eigenvalue weighted by Gasteiger charge is 2.08. The number of hydrogen-bond acceptors (Lipinski definition) is 2. The third-order valence-corrected chi connectivity index (χ3v) is 4.86. The Hall–Kier alpha value is -1.54. The molecule has 0 saturated heterocycles. The van der Waals surface area contributed by atoms with Crippen LogP contribution in [0.5, 0.6) is 0 Å². The van der Waals surface area contributed by atoms with Gasteiger partial charge in [-0.25, -0.2) is 0 Å². The molecular weight excluding hydrogens is 300 g/mol. The van der Waals surface area contributed by atoms with Crippen molar-refractivity contribution in [2.24, 2.45) is 0 Å². The van der Waals surface area contributed by atoms with Crippen molar-refractivity contribution in [1.29, 1.82) is 0 Å².